The SMILES string of the molecule is CC(C)[C@@H](C)[C@@]1(C)CC[C@]2(C)[C@H]3CC[C@@H]4[C@@]5(C)COC[C@@]4(C3=CC[C@@]2(C)[C@@H]1C(=O)O)[C@@H](OC[C@](C)(NCc1ccccc1)C(C)C)[C@H](n1nnc(N)n1)C5. The molecule has 10 heteroatoms. The number of allylic oxidation sites excluding steroid dienone is 1. The molecule has 298 valence electrons. The van der Waals surface area contributed by atoms with E-state index >= 15 is 0 Å². The molecule has 0 amide bonds. The molecule has 1 aromatic carbocycles. The summed E-state index contributed by atoms with van der Waals surface area (Å²) >= 11 is 0. The number of nitrogens with zero attached hydrogens (tertiary/aromatic N) is 4. The van der Waals surface area contributed by atoms with E-state index in [0.29, 0.717) is 31.7 Å². The van der Waals surface area contributed by atoms with E-state index in [1.54, 1.807) is 4.80 Å². The highest BCUT2D eigenvalue weighted by atomic mass is 16.5. The number of hydrogen-bond donors (Lipinski definition) is 3. The number of fused-ring (bicyclic) bond motifs is 3. The number of aliphatic carboxylic acids is 1. The number of aromatic nitrogens is 4. The number of carboxylic acid groups (broad SMARTS) is 1. The zero-order valence-corrected chi connectivity index (χ0v) is 34.7. The van der Waals surface area contributed by atoms with Gasteiger partial charge in [-0.05, 0) is 107 Å². The summed E-state index contributed by atoms with van der Waals surface area (Å²) in [6, 6.07) is 10.4. The first-order valence-electron chi connectivity index (χ1n) is 20.8. The molecule has 12 atom stereocenters. The third-order valence-electron chi connectivity index (χ3n) is 17.1. The van der Waals surface area contributed by atoms with E-state index in [-0.39, 0.29) is 57.6 Å². The zero-order valence-electron chi connectivity index (χ0n) is 34.7. The van der Waals surface area contributed by atoms with Gasteiger partial charge < -0.3 is 25.6 Å². The molecule has 0 spiro atoms. The minimum atomic E-state index is -0.638. The fourth-order valence-electron chi connectivity index (χ4n) is 13.0. The van der Waals surface area contributed by atoms with E-state index in [2.05, 4.69) is 126 Å². The molecule has 2 bridgehead atoms. The molecule has 3 saturated carbocycles. The Morgan fingerprint density at radius 1 is 1.07 bits per heavy atom. The van der Waals surface area contributed by atoms with Crippen molar-refractivity contribution in [1.82, 2.24) is 25.5 Å². The van der Waals surface area contributed by atoms with Crippen LogP contribution in [0.2, 0.25) is 0 Å². The minimum Gasteiger partial charge on any atom is -0.481 e. The maximum Gasteiger partial charge on any atom is 0.307 e. The Labute approximate surface area is 323 Å². The maximum absolute atomic E-state index is 13.6. The van der Waals surface area contributed by atoms with Gasteiger partial charge in [0.05, 0.1) is 31.8 Å². The zero-order chi connectivity index (χ0) is 39.1. The van der Waals surface area contributed by atoms with E-state index in [1.165, 1.54) is 11.1 Å². The van der Waals surface area contributed by atoms with Crippen molar-refractivity contribution in [2.24, 2.45) is 62.6 Å². The molecule has 4 aliphatic carbocycles. The quantitative estimate of drug-likeness (QED) is 0.196. The molecule has 4 fully saturated rings. The lowest BCUT2D eigenvalue weighted by Gasteiger charge is -2.71. The predicted molar refractivity (Wildman–Crippen MR) is 211 cm³/mol. The Hall–Kier alpha value is -2.82. The summed E-state index contributed by atoms with van der Waals surface area (Å²) in [7, 11) is 0. The molecule has 1 aromatic heterocycles. The second-order valence-electron chi connectivity index (χ2n) is 20.3. The van der Waals surface area contributed by atoms with Crippen LogP contribution in [0.3, 0.4) is 0 Å². The highest BCUT2D eigenvalue weighted by Crippen LogP contribution is 2.75. The lowest BCUT2D eigenvalue weighted by Crippen LogP contribution is -2.70. The molecule has 54 heavy (non-hydrogen) atoms. The van der Waals surface area contributed by atoms with Crippen molar-refractivity contribution in [2.75, 3.05) is 25.6 Å². The lowest BCUT2D eigenvalue weighted by molar-refractivity contribution is -0.256. The first kappa shape index (κ1) is 39.4. The van der Waals surface area contributed by atoms with Crippen LogP contribution in [0.25, 0.3) is 0 Å². The normalized spacial score (nSPS) is 40.6. The van der Waals surface area contributed by atoms with Gasteiger partial charge in [-0.3, -0.25) is 4.79 Å². The topological polar surface area (TPSA) is 137 Å². The maximum atomic E-state index is 13.6. The summed E-state index contributed by atoms with van der Waals surface area (Å²) in [5.41, 5.74) is 7.02. The van der Waals surface area contributed by atoms with E-state index in [1.807, 2.05) is 0 Å². The van der Waals surface area contributed by atoms with Gasteiger partial charge in [0, 0.05) is 17.5 Å². The van der Waals surface area contributed by atoms with Crippen LogP contribution in [0, 0.1) is 62.6 Å². The van der Waals surface area contributed by atoms with Crippen molar-refractivity contribution in [3.05, 3.63) is 47.5 Å². The van der Waals surface area contributed by atoms with Crippen LogP contribution in [0.5, 0.6) is 0 Å². The van der Waals surface area contributed by atoms with Crippen LogP contribution in [0.4, 0.5) is 5.95 Å². The van der Waals surface area contributed by atoms with E-state index in [4.69, 9.17) is 15.2 Å². The second-order valence-corrected chi connectivity index (χ2v) is 20.3. The number of carboxylic acids is 1. The average Bonchev–Trinajstić information content (AvgIpc) is 3.56. The largest absolute Gasteiger partial charge is 0.481 e. The summed E-state index contributed by atoms with van der Waals surface area (Å²) in [4.78, 5) is 15.4. The van der Waals surface area contributed by atoms with Crippen molar-refractivity contribution in [3.8, 4) is 0 Å². The third-order valence-corrected chi connectivity index (χ3v) is 17.1. The number of nitrogen functional groups attached to an aromatic ring is 1. The number of nitrogens with one attached hydrogen (secondary N) is 1. The Morgan fingerprint density at radius 2 is 1.80 bits per heavy atom. The minimum absolute atomic E-state index is 0.132. The molecule has 4 N–H and O–H groups in total. The van der Waals surface area contributed by atoms with Gasteiger partial charge >= 0.3 is 5.97 Å². The molecule has 1 saturated heterocycles. The molecular formula is C44H68N6O4. The number of benzene rings is 1. The van der Waals surface area contributed by atoms with Gasteiger partial charge in [-0.1, -0.05) is 109 Å². The van der Waals surface area contributed by atoms with Crippen LogP contribution < -0.4 is 11.1 Å². The van der Waals surface area contributed by atoms with Crippen molar-refractivity contribution in [3.63, 3.8) is 0 Å². The van der Waals surface area contributed by atoms with Crippen molar-refractivity contribution in [2.45, 2.75) is 132 Å². The number of rotatable bonds is 11. The summed E-state index contributed by atoms with van der Waals surface area (Å²) < 4.78 is 14.3. The molecule has 10 nitrogen and oxygen atoms in total. The first-order valence-corrected chi connectivity index (χ1v) is 20.8. The molecule has 2 heterocycles. The number of anilines is 1. The van der Waals surface area contributed by atoms with E-state index < -0.39 is 22.7 Å². The third kappa shape index (κ3) is 5.81. The van der Waals surface area contributed by atoms with E-state index in [9.17, 15) is 9.90 Å². The van der Waals surface area contributed by atoms with Gasteiger partial charge in [0.15, 0.2) is 0 Å². The highest BCUT2D eigenvalue weighted by Gasteiger charge is 2.73. The van der Waals surface area contributed by atoms with Crippen LogP contribution >= 0.6 is 0 Å². The van der Waals surface area contributed by atoms with Gasteiger partial charge in [0.25, 0.3) is 5.95 Å². The van der Waals surface area contributed by atoms with E-state index in [0.717, 1.165) is 45.1 Å². The summed E-state index contributed by atoms with van der Waals surface area (Å²) in [6.45, 7) is 25.5. The molecule has 5 aliphatic rings. The van der Waals surface area contributed by atoms with Crippen LogP contribution in [-0.4, -0.2) is 62.7 Å². The van der Waals surface area contributed by atoms with Crippen LogP contribution in [-0.2, 0) is 20.8 Å². The molecule has 0 radical (unpaired) electrons. The van der Waals surface area contributed by atoms with Crippen LogP contribution in [0.1, 0.15) is 119 Å². The number of hydrogen-bond acceptors (Lipinski definition) is 8. The van der Waals surface area contributed by atoms with Crippen molar-refractivity contribution < 1.29 is 19.4 Å². The fourth-order valence-corrected chi connectivity index (χ4v) is 13.0. The number of carbonyl (C=O) groups is 1. The number of ether oxygens (including phenoxy) is 2. The Kier molecular flexibility index (Phi) is 9.99. The average molecular weight is 745 g/mol. The Balaban J connectivity index is 1.33. The summed E-state index contributed by atoms with van der Waals surface area (Å²) in [5, 5.41) is 28.4. The fraction of sp³-hybridized carbons (Fsp3) is 0.773. The van der Waals surface area contributed by atoms with Gasteiger partial charge in [-0.2, -0.15) is 4.80 Å². The Morgan fingerprint density at radius 3 is 2.43 bits per heavy atom. The van der Waals surface area contributed by atoms with Crippen molar-refractivity contribution in [1.29, 1.82) is 0 Å². The molecule has 1 aliphatic heterocycles. The van der Waals surface area contributed by atoms with Gasteiger partial charge in [0.2, 0.25) is 0 Å². The number of tetrazole rings is 1. The smallest absolute Gasteiger partial charge is 0.307 e. The van der Waals surface area contributed by atoms with Gasteiger partial charge in [-0.15, -0.1) is 5.10 Å². The standard InChI is InChI=1S/C44H68N6O4/c1-27(2)29(5)40(7)20-21-41(8)31-16-17-34-39(6)22-33(50-48-38(45)47-49-50)36(54-25-43(10,28(3)4)46-23-30-14-12-11-13-15-30)44(34,26-53-24-39)32(31)18-19-42(41,9)35(40)37(51)52/h11-15,18,27-29,31,33-36,46H,16-17,19-26H2,1-10H3,(H2,45,48)(H,51,52)/t29-,31+,33-,34-,35-,36+,39-,40-,41-,42+,43+,44+/m1/s1. The monoisotopic (exact) mass is 745 g/mol. The second kappa shape index (κ2) is 13.7. The van der Waals surface area contributed by atoms with Crippen LogP contribution in [0.15, 0.2) is 42.0 Å². The summed E-state index contributed by atoms with van der Waals surface area (Å²) in [5.74, 6) is 0.611. The van der Waals surface area contributed by atoms with Gasteiger partial charge in [-0.25, -0.2) is 0 Å². The predicted octanol–water partition coefficient (Wildman–Crippen LogP) is 7.97. The Bertz CT molecular complexity index is 1730. The molecule has 0 unspecified atom stereocenters. The van der Waals surface area contributed by atoms with Crippen molar-refractivity contribution >= 4 is 11.9 Å². The molecule has 2 aromatic rings. The molecule has 7 rings (SSSR count). The first-order chi connectivity index (χ1) is 25.4. The van der Waals surface area contributed by atoms with Gasteiger partial charge in [0.1, 0.15) is 6.04 Å². The lowest BCUT2D eigenvalue weighted by atomic mass is 9.34. The summed E-state index contributed by atoms with van der Waals surface area (Å²) in [6.07, 6.45) is 7.75. The highest BCUT2D eigenvalue weighted by molar-refractivity contribution is 5.73. The number of nitrogens with two attached hydrogens (primary N) is 1. The molecular weight excluding hydrogens is 677 g/mol.